The maximum atomic E-state index is 12.7. The maximum Gasteiger partial charge on any atom is 0.251 e. The molecule has 2 aliphatic rings. The number of hydrogen-bond acceptors (Lipinski definition) is 4. The van der Waals surface area contributed by atoms with Gasteiger partial charge in [-0.2, -0.15) is 0 Å². The lowest BCUT2D eigenvalue weighted by molar-refractivity contribution is -0.146. The van der Waals surface area contributed by atoms with E-state index in [-0.39, 0.29) is 18.1 Å². The second-order valence-electron chi connectivity index (χ2n) is 6.74. The third-order valence-electron chi connectivity index (χ3n) is 4.99. The van der Waals surface area contributed by atoms with Gasteiger partial charge < -0.3 is 14.2 Å². The van der Waals surface area contributed by atoms with E-state index >= 15 is 0 Å². The molecule has 2 fully saturated rings. The van der Waals surface area contributed by atoms with Gasteiger partial charge in [0.1, 0.15) is 11.9 Å². The van der Waals surface area contributed by atoms with Crippen LogP contribution in [0.1, 0.15) is 38.6 Å². The number of aromatic nitrogens is 2. The quantitative estimate of drug-likeness (QED) is 0.796. The second-order valence-corrected chi connectivity index (χ2v) is 6.74. The lowest BCUT2D eigenvalue weighted by Crippen LogP contribution is -2.53. The van der Waals surface area contributed by atoms with Crippen LogP contribution in [0.4, 0.5) is 0 Å². The number of nitrogens with zero attached hydrogens (tertiary/aromatic N) is 4. The fraction of sp³-hybridized carbons (Fsp3) is 0.765. The largest absolute Gasteiger partial charge is 0.368 e. The number of rotatable bonds is 6. The summed E-state index contributed by atoms with van der Waals surface area (Å²) in [6.45, 7) is 8.08. The van der Waals surface area contributed by atoms with Crippen LogP contribution < -0.4 is 0 Å². The van der Waals surface area contributed by atoms with Crippen molar-refractivity contribution in [2.45, 2.75) is 38.8 Å². The molecule has 1 aromatic heterocycles. The first-order valence-electron chi connectivity index (χ1n) is 8.71. The molecule has 0 radical (unpaired) electrons. The Balaban J connectivity index is 1.64. The number of piperazine rings is 1. The average Bonchev–Trinajstić information content (AvgIpc) is 3.31. The van der Waals surface area contributed by atoms with Gasteiger partial charge in [0, 0.05) is 39.1 Å². The van der Waals surface area contributed by atoms with Crippen LogP contribution in [0.5, 0.6) is 0 Å². The standard InChI is InChI=1S/C17H28N4O2/c1-4-20-9-10-21(11-15(20)16-18-7-8-19(16)3)17(22)13(2)23-12-14-5-6-14/h7-8,13-15H,4-6,9-12H2,1-3H3/t13-,15+/m0/s1. The highest BCUT2D eigenvalue weighted by Gasteiger charge is 2.34. The molecule has 6 heteroatoms. The highest BCUT2D eigenvalue weighted by molar-refractivity contribution is 5.80. The molecular weight excluding hydrogens is 292 g/mol. The van der Waals surface area contributed by atoms with Crippen LogP contribution in [0.25, 0.3) is 0 Å². The van der Waals surface area contributed by atoms with E-state index in [1.54, 1.807) is 0 Å². The van der Waals surface area contributed by atoms with Gasteiger partial charge in [0.05, 0.1) is 12.6 Å². The Bertz CT molecular complexity index is 540. The Kier molecular flexibility index (Phi) is 5.02. The van der Waals surface area contributed by atoms with Crippen molar-refractivity contribution in [1.82, 2.24) is 19.4 Å². The van der Waals surface area contributed by atoms with Crippen molar-refractivity contribution in [2.75, 3.05) is 32.8 Å². The van der Waals surface area contributed by atoms with Crippen LogP contribution in [-0.4, -0.2) is 64.1 Å². The van der Waals surface area contributed by atoms with Crippen molar-refractivity contribution in [3.63, 3.8) is 0 Å². The molecule has 0 unspecified atom stereocenters. The van der Waals surface area contributed by atoms with Gasteiger partial charge >= 0.3 is 0 Å². The maximum absolute atomic E-state index is 12.7. The summed E-state index contributed by atoms with van der Waals surface area (Å²) in [5.74, 6) is 1.82. The molecule has 1 saturated heterocycles. The van der Waals surface area contributed by atoms with Crippen LogP contribution in [0.15, 0.2) is 12.4 Å². The smallest absolute Gasteiger partial charge is 0.251 e. The Labute approximate surface area is 138 Å². The average molecular weight is 320 g/mol. The first-order valence-corrected chi connectivity index (χ1v) is 8.71. The van der Waals surface area contributed by atoms with Gasteiger partial charge in [-0.1, -0.05) is 6.92 Å². The number of aryl methyl sites for hydroxylation is 1. The number of imidazole rings is 1. The Hall–Kier alpha value is -1.40. The molecule has 0 spiro atoms. The second kappa shape index (κ2) is 7.01. The fourth-order valence-electron chi connectivity index (χ4n) is 3.24. The molecule has 1 amide bonds. The van der Waals surface area contributed by atoms with Crippen molar-refractivity contribution in [1.29, 1.82) is 0 Å². The minimum Gasteiger partial charge on any atom is -0.368 e. The van der Waals surface area contributed by atoms with E-state index in [1.165, 1.54) is 12.8 Å². The molecule has 23 heavy (non-hydrogen) atoms. The summed E-state index contributed by atoms with van der Waals surface area (Å²) >= 11 is 0. The minimum atomic E-state index is -0.342. The highest BCUT2D eigenvalue weighted by Crippen LogP contribution is 2.29. The number of carbonyl (C=O) groups excluding carboxylic acids is 1. The van der Waals surface area contributed by atoms with E-state index in [1.807, 2.05) is 35.8 Å². The summed E-state index contributed by atoms with van der Waals surface area (Å²) in [5.41, 5.74) is 0. The van der Waals surface area contributed by atoms with Crippen molar-refractivity contribution in [3.8, 4) is 0 Å². The molecule has 0 N–H and O–H groups in total. The number of carbonyl (C=O) groups is 1. The van der Waals surface area contributed by atoms with Gasteiger partial charge in [-0.15, -0.1) is 0 Å². The highest BCUT2D eigenvalue weighted by atomic mass is 16.5. The summed E-state index contributed by atoms with van der Waals surface area (Å²) in [7, 11) is 2.01. The van der Waals surface area contributed by atoms with E-state index in [2.05, 4.69) is 16.8 Å². The van der Waals surface area contributed by atoms with Gasteiger partial charge in [-0.3, -0.25) is 9.69 Å². The molecule has 0 aromatic carbocycles. The van der Waals surface area contributed by atoms with Crippen LogP contribution >= 0.6 is 0 Å². The van der Waals surface area contributed by atoms with Gasteiger partial charge in [0.2, 0.25) is 0 Å². The number of hydrogen-bond donors (Lipinski definition) is 0. The van der Waals surface area contributed by atoms with Gasteiger partial charge in [-0.05, 0) is 32.2 Å². The first-order chi connectivity index (χ1) is 11.1. The summed E-state index contributed by atoms with van der Waals surface area (Å²) in [6, 6.07) is 0.160. The van der Waals surface area contributed by atoms with Crippen LogP contribution in [0.2, 0.25) is 0 Å². The third-order valence-corrected chi connectivity index (χ3v) is 4.99. The molecule has 1 aliphatic carbocycles. The third kappa shape index (κ3) is 3.75. The number of amides is 1. The molecule has 2 heterocycles. The molecule has 2 atom stereocenters. The van der Waals surface area contributed by atoms with E-state index in [4.69, 9.17) is 4.74 Å². The van der Waals surface area contributed by atoms with Crippen molar-refractivity contribution in [3.05, 3.63) is 18.2 Å². The summed E-state index contributed by atoms with van der Waals surface area (Å²) in [5, 5.41) is 0. The summed E-state index contributed by atoms with van der Waals surface area (Å²) in [4.78, 5) is 21.5. The van der Waals surface area contributed by atoms with Crippen molar-refractivity contribution < 1.29 is 9.53 Å². The zero-order valence-electron chi connectivity index (χ0n) is 14.4. The Morgan fingerprint density at radius 3 is 2.83 bits per heavy atom. The van der Waals surface area contributed by atoms with Crippen molar-refractivity contribution in [2.24, 2.45) is 13.0 Å². The van der Waals surface area contributed by atoms with E-state index in [0.29, 0.717) is 12.5 Å². The van der Waals surface area contributed by atoms with Crippen LogP contribution in [0, 0.1) is 5.92 Å². The van der Waals surface area contributed by atoms with Gasteiger partial charge in [-0.25, -0.2) is 4.98 Å². The zero-order valence-corrected chi connectivity index (χ0v) is 14.4. The van der Waals surface area contributed by atoms with E-state index in [9.17, 15) is 4.79 Å². The van der Waals surface area contributed by atoms with Gasteiger partial charge in [0.25, 0.3) is 5.91 Å². The van der Waals surface area contributed by atoms with Crippen LogP contribution in [-0.2, 0) is 16.6 Å². The Morgan fingerprint density at radius 2 is 2.22 bits per heavy atom. The molecular formula is C17H28N4O2. The van der Waals surface area contributed by atoms with Crippen molar-refractivity contribution >= 4 is 5.91 Å². The Morgan fingerprint density at radius 1 is 1.43 bits per heavy atom. The molecule has 1 saturated carbocycles. The zero-order chi connectivity index (χ0) is 16.4. The molecule has 0 bridgehead atoms. The monoisotopic (exact) mass is 320 g/mol. The molecule has 1 aromatic rings. The normalized spacial score (nSPS) is 24.0. The number of likely N-dealkylation sites (N-methyl/N-ethyl adjacent to an activating group) is 1. The number of ether oxygens (including phenoxy) is 1. The fourth-order valence-corrected chi connectivity index (χ4v) is 3.24. The molecule has 128 valence electrons. The molecule has 3 rings (SSSR count). The topological polar surface area (TPSA) is 50.6 Å². The van der Waals surface area contributed by atoms with E-state index in [0.717, 1.165) is 32.1 Å². The van der Waals surface area contributed by atoms with Gasteiger partial charge in [0.15, 0.2) is 0 Å². The lowest BCUT2D eigenvalue weighted by atomic mass is 10.1. The summed E-state index contributed by atoms with van der Waals surface area (Å²) < 4.78 is 7.81. The van der Waals surface area contributed by atoms with Crippen LogP contribution in [0.3, 0.4) is 0 Å². The molecule has 6 nitrogen and oxygen atoms in total. The summed E-state index contributed by atoms with van der Waals surface area (Å²) in [6.07, 6.45) is 5.94. The first kappa shape index (κ1) is 16.5. The lowest BCUT2D eigenvalue weighted by Gasteiger charge is -2.41. The predicted molar refractivity (Wildman–Crippen MR) is 87.9 cm³/mol. The minimum absolute atomic E-state index is 0.112. The van der Waals surface area contributed by atoms with E-state index < -0.39 is 0 Å². The molecule has 1 aliphatic heterocycles. The SMILES string of the molecule is CCN1CCN(C(=O)[C@H](C)OCC2CC2)C[C@@H]1c1nccn1C. The predicted octanol–water partition coefficient (Wildman–Crippen LogP) is 1.44.